The average Bonchev–Trinajstić information content (AvgIpc) is 3.03. The predicted molar refractivity (Wildman–Crippen MR) is 122 cm³/mol. The number of guanidine groups is 1. The van der Waals surface area contributed by atoms with Gasteiger partial charge in [0.1, 0.15) is 5.82 Å². The largest absolute Gasteiger partial charge is 0.356 e. The second kappa shape index (κ2) is 9.91. The lowest BCUT2D eigenvalue weighted by Crippen LogP contribution is -2.39. The minimum atomic E-state index is 0. The molecule has 0 saturated carbocycles. The molecule has 1 heterocycles. The first-order valence-electron chi connectivity index (χ1n) is 8.25. The molecule has 2 aromatic carbocycles. The van der Waals surface area contributed by atoms with Gasteiger partial charge in [0.15, 0.2) is 5.96 Å². The van der Waals surface area contributed by atoms with Crippen LogP contribution in [-0.2, 0) is 13.0 Å². The normalized spacial score (nSPS) is 11.3. The van der Waals surface area contributed by atoms with Crippen LogP contribution < -0.4 is 5.32 Å². The van der Waals surface area contributed by atoms with Crippen molar-refractivity contribution < 1.29 is 0 Å². The number of aliphatic imine (C=N–C) groups is 1. The lowest BCUT2D eigenvalue weighted by Gasteiger charge is -2.22. The lowest BCUT2D eigenvalue weighted by molar-refractivity contribution is 0.477. The van der Waals surface area contributed by atoms with Gasteiger partial charge in [-0.15, -0.1) is 24.0 Å². The van der Waals surface area contributed by atoms with E-state index in [1.54, 1.807) is 0 Å². The molecular formula is C19H23BrIN5. The summed E-state index contributed by atoms with van der Waals surface area (Å²) in [6.45, 7) is 1.58. The number of imidazole rings is 1. The van der Waals surface area contributed by atoms with E-state index in [1.165, 1.54) is 5.56 Å². The fraction of sp³-hybridized carbons (Fsp3) is 0.263. The summed E-state index contributed by atoms with van der Waals surface area (Å²) < 4.78 is 1.09. The highest BCUT2D eigenvalue weighted by atomic mass is 127. The number of fused-ring (bicyclic) bond motifs is 1. The van der Waals surface area contributed by atoms with Crippen molar-refractivity contribution in [3.8, 4) is 0 Å². The Hall–Kier alpha value is -1.61. The summed E-state index contributed by atoms with van der Waals surface area (Å²) in [6.07, 6.45) is 0.819. The van der Waals surface area contributed by atoms with Crippen LogP contribution in [0.3, 0.4) is 0 Å². The van der Waals surface area contributed by atoms with Gasteiger partial charge in [0, 0.05) is 38.1 Å². The van der Waals surface area contributed by atoms with E-state index >= 15 is 0 Å². The number of para-hydroxylation sites is 2. The van der Waals surface area contributed by atoms with Crippen LogP contribution in [0.1, 0.15) is 11.4 Å². The number of benzene rings is 2. The summed E-state index contributed by atoms with van der Waals surface area (Å²) in [6, 6.07) is 16.4. The molecule has 0 amide bonds. The van der Waals surface area contributed by atoms with Crippen molar-refractivity contribution in [2.45, 2.75) is 13.0 Å². The minimum absolute atomic E-state index is 0. The Morgan fingerprint density at radius 1 is 1.19 bits per heavy atom. The monoisotopic (exact) mass is 527 g/mol. The number of nitrogens with one attached hydrogen (secondary N) is 2. The Morgan fingerprint density at radius 3 is 2.62 bits per heavy atom. The second-order valence-electron chi connectivity index (χ2n) is 5.91. The van der Waals surface area contributed by atoms with Crippen molar-refractivity contribution in [1.82, 2.24) is 20.2 Å². The molecule has 3 aromatic rings. The van der Waals surface area contributed by atoms with Gasteiger partial charge in [-0.05, 0) is 29.8 Å². The number of hydrogen-bond acceptors (Lipinski definition) is 2. The number of hydrogen-bond donors (Lipinski definition) is 2. The quantitative estimate of drug-likeness (QED) is 0.297. The summed E-state index contributed by atoms with van der Waals surface area (Å²) in [5.41, 5.74) is 3.33. The highest BCUT2D eigenvalue weighted by Gasteiger charge is 2.07. The first-order chi connectivity index (χ1) is 12.2. The SMILES string of the molecule is CN=C(NCCc1nc2ccccc2[nH]1)N(C)Cc1ccc(Br)cc1.I. The predicted octanol–water partition coefficient (Wildman–Crippen LogP) is 4.19. The number of H-pyrrole nitrogens is 1. The molecule has 5 nitrogen and oxygen atoms in total. The Bertz CT molecular complexity index is 827. The van der Waals surface area contributed by atoms with Gasteiger partial charge in [0.2, 0.25) is 0 Å². The molecular weight excluding hydrogens is 505 g/mol. The molecule has 1 aromatic heterocycles. The van der Waals surface area contributed by atoms with Crippen molar-refractivity contribution in [2.75, 3.05) is 20.6 Å². The van der Waals surface area contributed by atoms with E-state index in [0.29, 0.717) is 0 Å². The third-order valence-corrected chi connectivity index (χ3v) is 4.52. The molecule has 0 bridgehead atoms. The first-order valence-corrected chi connectivity index (χ1v) is 9.05. The minimum Gasteiger partial charge on any atom is -0.356 e. The van der Waals surface area contributed by atoms with Crippen LogP contribution in [0.15, 0.2) is 58.0 Å². The Labute approximate surface area is 179 Å². The smallest absolute Gasteiger partial charge is 0.193 e. The number of aromatic nitrogens is 2. The van der Waals surface area contributed by atoms with E-state index in [1.807, 2.05) is 38.4 Å². The van der Waals surface area contributed by atoms with Crippen LogP contribution in [0.4, 0.5) is 0 Å². The molecule has 0 fully saturated rings. The highest BCUT2D eigenvalue weighted by Crippen LogP contribution is 2.12. The van der Waals surface area contributed by atoms with Crippen LogP contribution in [-0.4, -0.2) is 41.5 Å². The number of nitrogens with zero attached hydrogens (tertiary/aromatic N) is 3. The lowest BCUT2D eigenvalue weighted by atomic mass is 10.2. The third kappa shape index (κ3) is 5.44. The van der Waals surface area contributed by atoms with E-state index in [-0.39, 0.29) is 24.0 Å². The zero-order valence-corrected chi connectivity index (χ0v) is 18.8. The van der Waals surface area contributed by atoms with Gasteiger partial charge in [0.05, 0.1) is 11.0 Å². The van der Waals surface area contributed by atoms with E-state index in [4.69, 9.17) is 0 Å². The molecule has 0 aliphatic heterocycles. The molecule has 0 unspecified atom stereocenters. The van der Waals surface area contributed by atoms with Crippen molar-refractivity contribution in [3.63, 3.8) is 0 Å². The summed E-state index contributed by atoms with van der Waals surface area (Å²) in [5.74, 6) is 1.86. The first kappa shape index (κ1) is 20.7. The Kier molecular flexibility index (Phi) is 7.89. The van der Waals surface area contributed by atoms with Crippen LogP contribution in [0, 0.1) is 0 Å². The Morgan fingerprint density at radius 2 is 1.92 bits per heavy atom. The highest BCUT2D eigenvalue weighted by molar-refractivity contribution is 14.0. The maximum atomic E-state index is 4.60. The summed E-state index contributed by atoms with van der Waals surface area (Å²) in [7, 11) is 3.85. The number of rotatable bonds is 5. The fourth-order valence-electron chi connectivity index (χ4n) is 2.74. The van der Waals surface area contributed by atoms with Crippen molar-refractivity contribution in [1.29, 1.82) is 0 Å². The van der Waals surface area contributed by atoms with E-state index in [0.717, 1.165) is 46.8 Å². The second-order valence-corrected chi connectivity index (χ2v) is 6.82. The Balaban J connectivity index is 0.00000243. The van der Waals surface area contributed by atoms with Crippen LogP contribution in [0.2, 0.25) is 0 Å². The average molecular weight is 528 g/mol. The van der Waals surface area contributed by atoms with Gasteiger partial charge in [0.25, 0.3) is 0 Å². The van der Waals surface area contributed by atoms with Gasteiger partial charge < -0.3 is 15.2 Å². The van der Waals surface area contributed by atoms with Gasteiger partial charge in [-0.25, -0.2) is 4.98 Å². The van der Waals surface area contributed by atoms with E-state index in [2.05, 4.69) is 65.4 Å². The zero-order valence-electron chi connectivity index (χ0n) is 14.9. The molecule has 0 radical (unpaired) electrons. The van der Waals surface area contributed by atoms with Gasteiger partial charge in [-0.3, -0.25) is 4.99 Å². The summed E-state index contributed by atoms with van der Waals surface area (Å²) in [5, 5.41) is 3.40. The zero-order chi connectivity index (χ0) is 17.6. The molecule has 0 aliphatic rings. The van der Waals surface area contributed by atoms with Crippen LogP contribution >= 0.6 is 39.9 Å². The van der Waals surface area contributed by atoms with Gasteiger partial charge in [-0.1, -0.05) is 40.2 Å². The maximum Gasteiger partial charge on any atom is 0.193 e. The van der Waals surface area contributed by atoms with Crippen molar-refractivity contribution >= 4 is 56.9 Å². The van der Waals surface area contributed by atoms with Crippen LogP contribution in [0.5, 0.6) is 0 Å². The molecule has 0 saturated heterocycles. The molecule has 26 heavy (non-hydrogen) atoms. The summed E-state index contributed by atoms with van der Waals surface area (Å²) >= 11 is 3.46. The topological polar surface area (TPSA) is 56.3 Å². The fourth-order valence-corrected chi connectivity index (χ4v) is 3.00. The van der Waals surface area contributed by atoms with Gasteiger partial charge in [-0.2, -0.15) is 0 Å². The molecule has 2 N–H and O–H groups in total. The molecule has 0 atom stereocenters. The number of aromatic amines is 1. The maximum absolute atomic E-state index is 4.60. The van der Waals surface area contributed by atoms with Gasteiger partial charge >= 0.3 is 0 Å². The molecule has 7 heteroatoms. The van der Waals surface area contributed by atoms with E-state index < -0.39 is 0 Å². The molecule has 0 spiro atoms. The summed E-state index contributed by atoms with van der Waals surface area (Å²) in [4.78, 5) is 14.4. The van der Waals surface area contributed by atoms with E-state index in [9.17, 15) is 0 Å². The third-order valence-electron chi connectivity index (χ3n) is 3.99. The molecule has 3 rings (SSSR count). The van der Waals surface area contributed by atoms with Crippen LogP contribution in [0.25, 0.3) is 11.0 Å². The molecule has 0 aliphatic carbocycles. The molecule has 138 valence electrons. The number of halogens is 2. The van der Waals surface area contributed by atoms with Crippen molar-refractivity contribution in [2.24, 2.45) is 4.99 Å². The van der Waals surface area contributed by atoms with Crippen molar-refractivity contribution in [3.05, 3.63) is 64.4 Å². The standard InChI is InChI=1S/C19H22BrN5.HI/c1-21-19(25(2)13-14-7-9-15(20)10-8-14)22-12-11-18-23-16-5-3-4-6-17(16)24-18;/h3-10H,11-13H2,1-2H3,(H,21,22)(H,23,24);1H.